The van der Waals surface area contributed by atoms with Gasteiger partial charge in [0, 0.05) is 29.9 Å². The standard InChI is InChI=1S/C23H19N5O/c29-23(27-18-10-3-7-17-8-4-12-24-22(17)18)19-14-21(26-15-25-19)28-13-5-9-16-6-1-2-11-20(16)28/h1-4,6-8,10-12,14-15H,5,9,13H2,(H,27,29). The average molecular weight is 381 g/mol. The monoisotopic (exact) mass is 381 g/mol. The van der Waals surface area contributed by atoms with Gasteiger partial charge in [0.2, 0.25) is 0 Å². The lowest BCUT2D eigenvalue weighted by molar-refractivity contribution is 0.102. The van der Waals surface area contributed by atoms with Gasteiger partial charge in [-0.1, -0.05) is 36.4 Å². The van der Waals surface area contributed by atoms with Gasteiger partial charge in [-0.15, -0.1) is 0 Å². The summed E-state index contributed by atoms with van der Waals surface area (Å²) in [6.07, 6.45) is 5.26. The lowest BCUT2D eigenvalue weighted by Gasteiger charge is -2.30. The van der Waals surface area contributed by atoms with E-state index < -0.39 is 0 Å². The molecule has 4 aromatic rings. The third kappa shape index (κ3) is 3.29. The van der Waals surface area contributed by atoms with E-state index in [4.69, 9.17) is 0 Å². The first kappa shape index (κ1) is 17.3. The minimum Gasteiger partial charge on any atom is -0.326 e. The van der Waals surface area contributed by atoms with Crippen molar-refractivity contribution in [2.45, 2.75) is 12.8 Å². The molecule has 0 atom stereocenters. The Labute approximate surface area is 168 Å². The summed E-state index contributed by atoms with van der Waals surface area (Å²) < 4.78 is 0. The third-order valence-electron chi connectivity index (χ3n) is 5.15. The van der Waals surface area contributed by atoms with E-state index in [-0.39, 0.29) is 5.91 Å². The van der Waals surface area contributed by atoms with Crippen molar-refractivity contribution < 1.29 is 4.79 Å². The predicted molar refractivity (Wildman–Crippen MR) is 113 cm³/mol. The van der Waals surface area contributed by atoms with Crippen LogP contribution in [0, 0.1) is 0 Å². The van der Waals surface area contributed by atoms with E-state index >= 15 is 0 Å². The number of rotatable bonds is 3. The van der Waals surface area contributed by atoms with Gasteiger partial charge in [-0.2, -0.15) is 0 Å². The molecule has 29 heavy (non-hydrogen) atoms. The topological polar surface area (TPSA) is 71.0 Å². The Bertz CT molecular complexity index is 1200. The second-order valence-corrected chi connectivity index (χ2v) is 6.98. The molecule has 2 aromatic carbocycles. The number of hydrogen-bond acceptors (Lipinski definition) is 5. The SMILES string of the molecule is O=C(Nc1cccc2cccnc12)c1cc(N2CCCc3ccccc32)ncn1. The van der Waals surface area contributed by atoms with Crippen molar-refractivity contribution in [3.8, 4) is 0 Å². The summed E-state index contributed by atoms with van der Waals surface area (Å²) in [4.78, 5) is 28.0. The number of aromatic nitrogens is 3. The maximum absolute atomic E-state index is 12.9. The van der Waals surface area contributed by atoms with Crippen LogP contribution in [-0.4, -0.2) is 27.4 Å². The quantitative estimate of drug-likeness (QED) is 0.571. The molecular weight excluding hydrogens is 362 g/mol. The summed E-state index contributed by atoms with van der Waals surface area (Å²) in [6, 6.07) is 19.6. The Kier molecular flexibility index (Phi) is 4.37. The number of carbonyl (C=O) groups excluding carboxylic acids is 1. The highest BCUT2D eigenvalue weighted by Crippen LogP contribution is 2.32. The van der Waals surface area contributed by atoms with Gasteiger partial charge in [-0.3, -0.25) is 9.78 Å². The van der Waals surface area contributed by atoms with E-state index in [0.29, 0.717) is 11.4 Å². The zero-order valence-electron chi connectivity index (χ0n) is 15.7. The maximum Gasteiger partial charge on any atom is 0.274 e. The molecular formula is C23H19N5O. The van der Waals surface area contributed by atoms with Gasteiger partial charge < -0.3 is 10.2 Å². The summed E-state index contributed by atoms with van der Waals surface area (Å²) in [6.45, 7) is 0.863. The molecule has 0 unspecified atom stereocenters. The van der Waals surface area contributed by atoms with E-state index in [2.05, 4.69) is 43.4 Å². The van der Waals surface area contributed by atoms with Gasteiger partial charge in [-0.25, -0.2) is 9.97 Å². The number of nitrogens with zero attached hydrogens (tertiary/aromatic N) is 4. The first-order valence-corrected chi connectivity index (χ1v) is 9.62. The normalized spacial score (nSPS) is 13.2. The van der Waals surface area contributed by atoms with Crippen molar-refractivity contribution in [1.82, 2.24) is 15.0 Å². The van der Waals surface area contributed by atoms with Crippen LogP contribution in [0.5, 0.6) is 0 Å². The Morgan fingerprint density at radius 2 is 1.86 bits per heavy atom. The van der Waals surface area contributed by atoms with Gasteiger partial charge in [0.15, 0.2) is 0 Å². The highest BCUT2D eigenvalue weighted by molar-refractivity contribution is 6.07. The third-order valence-corrected chi connectivity index (χ3v) is 5.15. The summed E-state index contributed by atoms with van der Waals surface area (Å²) in [5.41, 5.74) is 4.18. The molecule has 1 aliphatic heterocycles. The van der Waals surface area contributed by atoms with Crippen molar-refractivity contribution >= 4 is 34.0 Å². The molecule has 1 N–H and O–H groups in total. The molecule has 142 valence electrons. The predicted octanol–water partition coefficient (Wildman–Crippen LogP) is 4.36. The van der Waals surface area contributed by atoms with Crippen molar-refractivity contribution in [2.75, 3.05) is 16.8 Å². The largest absolute Gasteiger partial charge is 0.326 e. The number of amides is 1. The fourth-order valence-corrected chi connectivity index (χ4v) is 3.78. The van der Waals surface area contributed by atoms with Crippen LogP contribution in [0.15, 0.2) is 73.2 Å². The van der Waals surface area contributed by atoms with Crippen LogP contribution >= 0.6 is 0 Å². The summed E-state index contributed by atoms with van der Waals surface area (Å²) in [5, 5.41) is 3.91. The smallest absolute Gasteiger partial charge is 0.274 e. The van der Waals surface area contributed by atoms with Gasteiger partial charge in [0.25, 0.3) is 5.91 Å². The van der Waals surface area contributed by atoms with Crippen molar-refractivity contribution in [3.05, 3.63) is 84.4 Å². The summed E-state index contributed by atoms with van der Waals surface area (Å²) in [7, 11) is 0. The van der Waals surface area contributed by atoms with Crippen molar-refractivity contribution in [3.63, 3.8) is 0 Å². The van der Waals surface area contributed by atoms with E-state index in [1.807, 2.05) is 36.4 Å². The lowest BCUT2D eigenvalue weighted by Crippen LogP contribution is -2.26. The minimum atomic E-state index is -0.280. The van der Waals surface area contributed by atoms with Gasteiger partial charge in [0.1, 0.15) is 17.8 Å². The number of para-hydroxylation sites is 2. The van der Waals surface area contributed by atoms with Gasteiger partial charge in [-0.05, 0) is 36.6 Å². The van der Waals surface area contributed by atoms with E-state index in [1.54, 1.807) is 12.3 Å². The van der Waals surface area contributed by atoms with E-state index in [1.165, 1.54) is 11.9 Å². The highest BCUT2D eigenvalue weighted by Gasteiger charge is 2.20. The number of hydrogen-bond donors (Lipinski definition) is 1. The van der Waals surface area contributed by atoms with Gasteiger partial charge in [0.05, 0.1) is 11.2 Å². The number of aryl methyl sites for hydroxylation is 1. The molecule has 6 heteroatoms. The van der Waals surface area contributed by atoms with Crippen LogP contribution in [0.3, 0.4) is 0 Å². The Hall–Kier alpha value is -3.80. The second kappa shape index (κ2) is 7.31. The maximum atomic E-state index is 12.9. The molecule has 3 heterocycles. The fraction of sp³-hybridized carbons (Fsp3) is 0.130. The molecule has 6 nitrogen and oxygen atoms in total. The molecule has 0 aliphatic carbocycles. The zero-order chi connectivity index (χ0) is 19.6. The van der Waals surface area contributed by atoms with Crippen LogP contribution in [-0.2, 0) is 6.42 Å². The fourth-order valence-electron chi connectivity index (χ4n) is 3.78. The molecule has 0 saturated heterocycles. The molecule has 0 radical (unpaired) electrons. The highest BCUT2D eigenvalue weighted by atomic mass is 16.1. The molecule has 2 aromatic heterocycles. The number of pyridine rings is 1. The van der Waals surface area contributed by atoms with Crippen LogP contribution in [0.4, 0.5) is 17.2 Å². The number of fused-ring (bicyclic) bond motifs is 2. The van der Waals surface area contributed by atoms with Crippen LogP contribution in [0.2, 0.25) is 0 Å². The van der Waals surface area contributed by atoms with Crippen molar-refractivity contribution in [1.29, 1.82) is 0 Å². The number of benzene rings is 2. The molecule has 0 spiro atoms. The Morgan fingerprint density at radius 3 is 2.83 bits per heavy atom. The lowest BCUT2D eigenvalue weighted by atomic mass is 10.0. The molecule has 5 rings (SSSR count). The number of nitrogens with one attached hydrogen (secondary N) is 1. The molecule has 0 fully saturated rings. The molecule has 0 saturated carbocycles. The first-order chi connectivity index (χ1) is 14.3. The van der Waals surface area contributed by atoms with Crippen LogP contribution < -0.4 is 10.2 Å². The van der Waals surface area contributed by atoms with Crippen LogP contribution in [0.1, 0.15) is 22.5 Å². The second-order valence-electron chi connectivity index (χ2n) is 6.98. The number of carbonyl (C=O) groups is 1. The zero-order valence-corrected chi connectivity index (χ0v) is 15.7. The summed E-state index contributed by atoms with van der Waals surface area (Å²) in [5.74, 6) is 0.449. The molecule has 0 bridgehead atoms. The van der Waals surface area contributed by atoms with E-state index in [9.17, 15) is 4.79 Å². The average Bonchev–Trinajstić information content (AvgIpc) is 2.79. The Balaban J connectivity index is 1.45. The molecule has 1 aliphatic rings. The van der Waals surface area contributed by atoms with Gasteiger partial charge >= 0.3 is 0 Å². The minimum absolute atomic E-state index is 0.280. The number of anilines is 3. The first-order valence-electron chi connectivity index (χ1n) is 9.62. The van der Waals surface area contributed by atoms with Crippen LogP contribution in [0.25, 0.3) is 10.9 Å². The van der Waals surface area contributed by atoms with E-state index in [0.717, 1.165) is 41.8 Å². The Morgan fingerprint density at radius 1 is 0.966 bits per heavy atom. The molecule has 1 amide bonds. The van der Waals surface area contributed by atoms with Crippen molar-refractivity contribution in [2.24, 2.45) is 0 Å². The summed E-state index contributed by atoms with van der Waals surface area (Å²) >= 11 is 0.